The van der Waals surface area contributed by atoms with Gasteiger partial charge in [-0.25, -0.2) is 8.42 Å². The summed E-state index contributed by atoms with van der Waals surface area (Å²) in [5.41, 5.74) is 0. The summed E-state index contributed by atoms with van der Waals surface area (Å²) in [6.45, 7) is -0.514. The molecule has 0 aromatic carbocycles. The molecule has 3 unspecified atom stereocenters. The first-order valence-corrected chi connectivity index (χ1v) is 7.88. The largest absolute Gasteiger partial charge is 0.481 e. The van der Waals surface area contributed by atoms with Crippen molar-refractivity contribution in [1.82, 2.24) is 4.31 Å². The molecule has 18 heavy (non-hydrogen) atoms. The molecule has 2 rings (SSSR count). The Balaban J connectivity index is 2.07. The van der Waals surface area contributed by atoms with Crippen LogP contribution in [-0.4, -0.2) is 48.3 Å². The lowest BCUT2D eigenvalue weighted by Crippen LogP contribution is -2.39. The highest BCUT2D eigenvalue weighted by Gasteiger charge is 2.53. The van der Waals surface area contributed by atoms with Crippen molar-refractivity contribution in [3.63, 3.8) is 0 Å². The Hall–Kier alpha value is -0.690. The number of carbonyl (C=O) groups is 1. The maximum atomic E-state index is 12.1. The number of halogens is 1. The van der Waals surface area contributed by atoms with E-state index in [0.29, 0.717) is 19.3 Å². The van der Waals surface area contributed by atoms with Crippen LogP contribution in [0.5, 0.6) is 0 Å². The first-order chi connectivity index (χ1) is 8.47. The lowest BCUT2D eigenvalue weighted by atomic mass is 9.89. The Morgan fingerprint density at radius 3 is 2.61 bits per heavy atom. The van der Waals surface area contributed by atoms with Gasteiger partial charge in [-0.3, -0.25) is 9.18 Å². The van der Waals surface area contributed by atoms with E-state index in [2.05, 4.69) is 0 Å². The van der Waals surface area contributed by atoms with Crippen LogP contribution in [0.4, 0.5) is 4.39 Å². The number of hydrogen-bond acceptors (Lipinski definition) is 3. The molecule has 0 aromatic rings. The van der Waals surface area contributed by atoms with Gasteiger partial charge >= 0.3 is 5.97 Å². The van der Waals surface area contributed by atoms with Gasteiger partial charge in [-0.2, -0.15) is 4.31 Å². The van der Waals surface area contributed by atoms with Gasteiger partial charge in [-0.05, 0) is 32.1 Å². The second kappa shape index (κ2) is 5.13. The van der Waals surface area contributed by atoms with Gasteiger partial charge in [0.05, 0.1) is 18.3 Å². The van der Waals surface area contributed by atoms with E-state index in [1.807, 2.05) is 0 Å². The van der Waals surface area contributed by atoms with Crippen molar-refractivity contribution >= 4 is 16.0 Å². The van der Waals surface area contributed by atoms with Gasteiger partial charge in [0.15, 0.2) is 0 Å². The number of unbranched alkanes of at least 4 members (excludes halogenated alkanes) is 1. The zero-order valence-electron chi connectivity index (χ0n) is 10.1. The first kappa shape index (κ1) is 13.7. The van der Waals surface area contributed by atoms with Gasteiger partial charge in [-0.15, -0.1) is 0 Å². The van der Waals surface area contributed by atoms with Crippen molar-refractivity contribution in [3.8, 4) is 0 Å². The van der Waals surface area contributed by atoms with E-state index < -0.39 is 28.6 Å². The lowest BCUT2D eigenvalue weighted by molar-refractivity contribution is -0.142. The third-order valence-corrected chi connectivity index (χ3v) is 5.91. The van der Waals surface area contributed by atoms with Gasteiger partial charge in [-0.1, -0.05) is 0 Å². The molecule has 3 atom stereocenters. The standard InChI is InChI=1S/C11H18FNO4S/c12-5-1-2-6-18(16,17)13-8-3-4-10(13)9(7-8)11(14)15/h8-10H,1-7H2,(H,14,15). The monoisotopic (exact) mass is 279 g/mol. The second-order valence-electron chi connectivity index (χ2n) is 5.02. The average Bonchev–Trinajstić information content (AvgIpc) is 2.86. The van der Waals surface area contributed by atoms with Crippen molar-refractivity contribution in [2.75, 3.05) is 12.4 Å². The summed E-state index contributed by atoms with van der Waals surface area (Å²) in [6.07, 6.45) is 2.33. The third-order valence-electron chi connectivity index (χ3n) is 3.90. The van der Waals surface area contributed by atoms with Crippen LogP contribution < -0.4 is 0 Å². The third kappa shape index (κ3) is 2.38. The Kier molecular flexibility index (Phi) is 3.91. The molecule has 2 saturated heterocycles. The van der Waals surface area contributed by atoms with Gasteiger partial charge in [0.25, 0.3) is 0 Å². The number of fused-ring (bicyclic) bond motifs is 2. The van der Waals surface area contributed by atoms with Crippen LogP contribution in [0.15, 0.2) is 0 Å². The Bertz CT molecular complexity index is 425. The molecule has 2 bridgehead atoms. The molecule has 0 aliphatic carbocycles. The first-order valence-electron chi connectivity index (χ1n) is 6.27. The molecule has 104 valence electrons. The summed E-state index contributed by atoms with van der Waals surface area (Å²) in [7, 11) is -3.43. The Morgan fingerprint density at radius 1 is 1.33 bits per heavy atom. The van der Waals surface area contributed by atoms with E-state index >= 15 is 0 Å². The molecule has 0 spiro atoms. The zero-order chi connectivity index (χ0) is 13.3. The van der Waals surface area contributed by atoms with Crippen LogP contribution in [0.25, 0.3) is 0 Å². The minimum Gasteiger partial charge on any atom is -0.481 e. The molecular formula is C11H18FNO4S. The topological polar surface area (TPSA) is 74.7 Å². The van der Waals surface area contributed by atoms with Crippen LogP contribution in [0, 0.1) is 5.92 Å². The van der Waals surface area contributed by atoms with Crippen molar-refractivity contribution in [1.29, 1.82) is 0 Å². The minimum absolute atomic E-state index is 0.0732. The summed E-state index contributed by atoms with van der Waals surface area (Å²) in [4.78, 5) is 11.1. The number of sulfonamides is 1. The highest BCUT2D eigenvalue weighted by molar-refractivity contribution is 7.89. The Morgan fingerprint density at radius 2 is 2.06 bits per heavy atom. The van der Waals surface area contributed by atoms with Gasteiger partial charge in [0.1, 0.15) is 0 Å². The van der Waals surface area contributed by atoms with Crippen LogP contribution >= 0.6 is 0 Å². The van der Waals surface area contributed by atoms with E-state index in [0.717, 1.165) is 6.42 Å². The van der Waals surface area contributed by atoms with Crippen molar-refractivity contribution in [2.45, 2.75) is 44.2 Å². The number of carboxylic acid groups (broad SMARTS) is 1. The fourth-order valence-corrected chi connectivity index (χ4v) is 5.21. The summed E-state index contributed by atoms with van der Waals surface area (Å²) >= 11 is 0. The highest BCUT2D eigenvalue weighted by Crippen LogP contribution is 2.43. The van der Waals surface area contributed by atoms with E-state index in [9.17, 15) is 17.6 Å². The van der Waals surface area contributed by atoms with Gasteiger partial charge in [0.2, 0.25) is 10.0 Å². The van der Waals surface area contributed by atoms with Crippen LogP contribution in [0.1, 0.15) is 32.1 Å². The predicted octanol–water partition coefficient (Wildman–Crippen LogP) is 1.00. The van der Waals surface area contributed by atoms with Crippen molar-refractivity contribution in [2.24, 2.45) is 5.92 Å². The van der Waals surface area contributed by atoms with Gasteiger partial charge in [0, 0.05) is 12.1 Å². The fourth-order valence-electron chi connectivity index (χ4n) is 3.12. The normalized spacial score (nSPS) is 31.9. The number of alkyl halides is 1. The minimum atomic E-state index is -3.43. The molecule has 2 fully saturated rings. The lowest BCUT2D eigenvalue weighted by Gasteiger charge is -2.22. The smallest absolute Gasteiger partial charge is 0.308 e. The van der Waals surface area contributed by atoms with Gasteiger partial charge < -0.3 is 5.11 Å². The molecule has 2 aliphatic heterocycles. The van der Waals surface area contributed by atoms with E-state index in [1.165, 1.54) is 4.31 Å². The maximum Gasteiger partial charge on any atom is 0.308 e. The molecule has 2 heterocycles. The molecule has 0 saturated carbocycles. The molecule has 0 aromatic heterocycles. The molecule has 1 N–H and O–H groups in total. The summed E-state index contributed by atoms with van der Waals surface area (Å²) in [5.74, 6) is -1.55. The van der Waals surface area contributed by atoms with Crippen molar-refractivity contribution in [3.05, 3.63) is 0 Å². The SMILES string of the molecule is O=C(O)C1CC2CCC1N2S(=O)(=O)CCCCF. The number of hydrogen-bond donors (Lipinski definition) is 1. The molecule has 7 heteroatoms. The van der Waals surface area contributed by atoms with Crippen LogP contribution in [0.3, 0.4) is 0 Å². The number of nitrogens with zero attached hydrogens (tertiary/aromatic N) is 1. The van der Waals surface area contributed by atoms with E-state index in [-0.39, 0.29) is 24.3 Å². The molecule has 2 aliphatic rings. The summed E-state index contributed by atoms with van der Waals surface area (Å²) in [5, 5.41) is 9.06. The summed E-state index contributed by atoms with van der Waals surface area (Å²) in [6, 6.07) is -0.547. The van der Waals surface area contributed by atoms with Crippen LogP contribution in [0.2, 0.25) is 0 Å². The number of carboxylic acids is 1. The van der Waals surface area contributed by atoms with E-state index in [4.69, 9.17) is 5.11 Å². The number of rotatable bonds is 6. The zero-order valence-corrected chi connectivity index (χ0v) is 10.9. The highest BCUT2D eigenvalue weighted by atomic mass is 32.2. The van der Waals surface area contributed by atoms with E-state index in [1.54, 1.807) is 0 Å². The molecule has 0 amide bonds. The van der Waals surface area contributed by atoms with Crippen molar-refractivity contribution < 1.29 is 22.7 Å². The predicted molar refractivity (Wildman–Crippen MR) is 63.4 cm³/mol. The summed E-state index contributed by atoms with van der Waals surface area (Å²) < 4.78 is 37.7. The average molecular weight is 279 g/mol. The Labute approximate surface area is 106 Å². The molecule has 5 nitrogen and oxygen atoms in total. The second-order valence-corrected chi connectivity index (χ2v) is 7.01. The maximum absolute atomic E-state index is 12.1. The molecule has 0 radical (unpaired) electrons. The number of aliphatic carboxylic acids is 1. The van der Waals surface area contributed by atoms with Crippen LogP contribution in [-0.2, 0) is 14.8 Å². The fraction of sp³-hybridized carbons (Fsp3) is 0.909. The molecular weight excluding hydrogens is 261 g/mol. The quantitative estimate of drug-likeness (QED) is 0.736.